The second kappa shape index (κ2) is 7.57. The molecule has 1 fully saturated rings. The standard InChI is InChI=1S/C18H28O/c1-3-8-18(15-9-6-5-7-10-15)16-11-13-17(14-12-16)19-4-2/h11-15,18H,3-10H2,1-2H3. The minimum atomic E-state index is 0.750. The number of hydrogen-bond donors (Lipinski definition) is 0. The topological polar surface area (TPSA) is 9.23 Å². The lowest BCUT2D eigenvalue weighted by atomic mass is 9.75. The van der Waals surface area contributed by atoms with Crippen LogP contribution in [0.25, 0.3) is 0 Å². The highest BCUT2D eigenvalue weighted by molar-refractivity contribution is 5.30. The maximum absolute atomic E-state index is 5.55. The second-order valence-corrected chi connectivity index (χ2v) is 5.80. The van der Waals surface area contributed by atoms with E-state index in [2.05, 4.69) is 31.2 Å². The molecule has 0 aromatic heterocycles. The van der Waals surface area contributed by atoms with Crippen LogP contribution in [0.3, 0.4) is 0 Å². The second-order valence-electron chi connectivity index (χ2n) is 5.80. The molecule has 1 saturated carbocycles. The van der Waals surface area contributed by atoms with Gasteiger partial charge < -0.3 is 4.74 Å². The highest BCUT2D eigenvalue weighted by Gasteiger charge is 2.24. The first-order valence-corrected chi connectivity index (χ1v) is 8.08. The van der Waals surface area contributed by atoms with Crippen molar-refractivity contribution in [1.82, 2.24) is 0 Å². The summed E-state index contributed by atoms with van der Waals surface area (Å²) in [4.78, 5) is 0. The third kappa shape index (κ3) is 3.99. The van der Waals surface area contributed by atoms with E-state index in [1.807, 2.05) is 6.92 Å². The molecular weight excluding hydrogens is 232 g/mol. The number of ether oxygens (including phenoxy) is 1. The molecule has 1 aromatic rings. The number of benzene rings is 1. The summed E-state index contributed by atoms with van der Waals surface area (Å²) >= 11 is 0. The maximum Gasteiger partial charge on any atom is 0.119 e. The lowest BCUT2D eigenvalue weighted by Crippen LogP contribution is -2.16. The van der Waals surface area contributed by atoms with Gasteiger partial charge in [-0.2, -0.15) is 0 Å². The van der Waals surface area contributed by atoms with E-state index in [0.29, 0.717) is 0 Å². The van der Waals surface area contributed by atoms with Gasteiger partial charge in [0.25, 0.3) is 0 Å². The molecule has 0 spiro atoms. The summed E-state index contributed by atoms with van der Waals surface area (Å²) in [6, 6.07) is 8.87. The van der Waals surface area contributed by atoms with Crippen LogP contribution in [-0.2, 0) is 0 Å². The van der Waals surface area contributed by atoms with Crippen LogP contribution in [0.1, 0.15) is 70.3 Å². The average Bonchev–Trinajstić information content (AvgIpc) is 2.47. The Kier molecular flexibility index (Phi) is 5.75. The van der Waals surface area contributed by atoms with E-state index < -0.39 is 0 Å². The highest BCUT2D eigenvalue weighted by Crippen LogP contribution is 2.39. The van der Waals surface area contributed by atoms with Crippen LogP contribution in [0.4, 0.5) is 0 Å². The SMILES string of the molecule is CCCC(c1ccc(OCC)cc1)C1CCCCC1. The van der Waals surface area contributed by atoms with Gasteiger partial charge in [0.1, 0.15) is 5.75 Å². The predicted molar refractivity (Wildman–Crippen MR) is 81.8 cm³/mol. The fourth-order valence-electron chi connectivity index (χ4n) is 3.50. The first kappa shape index (κ1) is 14.4. The molecule has 1 nitrogen and oxygen atoms in total. The summed E-state index contributed by atoms with van der Waals surface area (Å²) in [7, 11) is 0. The Morgan fingerprint density at radius 2 is 1.74 bits per heavy atom. The monoisotopic (exact) mass is 260 g/mol. The molecular formula is C18H28O. The molecule has 0 bridgehead atoms. The van der Waals surface area contributed by atoms with Gasteiger partial charge >= 0.3 is 0 Å². The van der Waals surface area contributed by atoms with E-state index in [1.165, 1.54) is 50.5 Å². The first-order chi connectivity index (χ1) is 9.35. The van der Waals surface area contributed by atoms with Crippen molar-refractivity contribution >= 4 is 0 Å². The molecule has 1 aliphatic rings. The zero-order valence-corrected chi connectivity index (χ0v) is 12.5. The third-order valence-electron chi connectivity index (χ3n) is 4.44. The van der Waals surface area contributed by atoms with Crippen molar-refractivity contribution in [3.05, 3.63) is 29.8 Å². The Balaban J connectivity index is 2.08. The Morgan fingerprint density at radius 3 is 2.32 bits per heavy atom. The zero-order chi connectivity index (χ0) is 13.5. The minimum Gasteiger partial charge on any atom is -0.494 e. The normalized spacial score (nSPS) is 18.2. The van der Waals surface area contributed by atoms with Crippen molar-refractivity contribution < 1.29 is 4.74 Å². The maximum atomic E-state index is 5.55. The van der Waals surface area contributed by atoms with Crippen molar-refractivity contribution in [2.24, 2.45) is 5.92 Å². The van der Waals surface area contributed by atoms with Gasteiger partial charge in [0.2, 0.25) is 0 Å². The zero-order valence-electron chi connectivity index (χ0n) is 12.5. The molecule has 0 amide bonds. The predicted octanol–water partition coefficient (Wildman–Crippen LogP) is 5.55. The van der Waals surface area contributed by atoms with Gasteiger partial charge in [-0.15, -0.1) is 0 Å². The van der Waals surface area contributed by atoms with E-state index >= 15 is 0 Å². The van der Waals surface area contributed by atoms with Crippen molar-refractivity contribution in [1.29, 1.82) is 0 Å². The summed E-state index contributed by atoms with van der Waals surface area (Å²) in [5.41, 5.74) is 1.53. The Hall–Kier alpha value is -0.980. The summed E-state index contributed by atoms with van der Waals surface area (Å²) in [6.07, 6.45) is 9.78. The number of rotatable bonds is 6. The van der Waals surface area contributed by atoms with Gasteiger partial charge in [0, 0.05) is 0 Å². The molecule has 1 aliphatic carbocycles. The summed E-state index contributed by atoms with van der Waals surface area (Å²) < 4.78 is 5.55. The van der Waals surface area contributed by atoms with Crippen LogP contribution < -0.4 is 4.74 Å². The minimum absolute atomic E-state index is 0.750. The van der Waals surface area contributed by atoms with Crippen LogP contribution in [0.15, 0.2) is 24.3 Å². The molecule has 0 aliphatic heterocycles. The largest absolute Gasteiger partial charge is 0.494 e. The summed E-state index contributed by atoms with van der Waals surface area (Å²) in [6.45, 7) is 5.10. The summed E-state index contributed by atoms with van der Waals surface area (Å²) in [5, 5.41) is 0. The number of hydrogen-bond acceptors (Lipinski definition) is 1. The van der Waals surface area contributed by atoms with Gasteiger partial charge in [-0.05, 0) is 55.7 Å². The molecule has 0 saturated heterocycles. The van der Waals surface area contributed by atoms with E-state index in [4.69, 9.17) is 4.74 Å². The molecule has 0 heterocycles. The quantitative estimate of drug-likeness (QED) is 0.651. The van der Waals surface area contributed by atoms with Crippen molar-refractivity contribution in [2.45, 2.75) is 64.7 Å². The van der Waals surface area contributed by atoms with Crippen LogP contribution in [-0.4, -0.2) is 6.61 Å². The molecule has 19 heavy (non-hydrogen) atoms. The van der Waals surface area contributed by atoms with Crippen molar-refractivity contribution in [2.75, 3.05) is 6.61 Å². The van der Waals surface area contributed by atoms with Crippen LogP contribution in [0.5, 0.6) is 5.75 Å². The first-order valence-electron chi connectivity index (χ1n) is 8.08. The average molecular weight is 260 g/mol. The van der Waals surface area contributed by atoms with Gasteiger partial charge in [-0.3, -0.25) is 0 Å². The Bertz CT molecular complexity index is 348. The fourth-order valence-corrected chi connectivity index (χ4v) is 3.50. The van der Waals surface area contributed by atoms with Crippen LogP contribution in [0, 0.1) is 5.92 Å². The molecule has 1 atom stereocenters. The molecule has 0 N–H and O–H groups in total. The summed E-state index contributed by atoms with van der Waals surface area (Å²) in [5.74, 6) is 2.68. The van der Waals surface area contributed by atoms with Crippen LogP contribution in [0.2, 0.25) is 0 Å². The molecule has 2 rings (SSSR count). The lowest BCUT2D eigenvalue weighted by Gasteiger charge is -2.30. The lowest BCUT2D eigenvalue weighted by molar-refractivity contribution is 0.292. The van der Waals surface area contributed by atoms with E-state index in [9.17, 15) is 0 Å². The Labute approximate surface area is 118 Å². The van der Waals surface area contributed by atoms with Crippen molar-refractivity contribution in [3.63, 3.8) is 0 Å². The van der Waals surface area contributed by atoms with Gasteiger partial charge in [-0.25, -0.2) is 0 Å². The van der Waals surface area contributed by atoms with Gasteiger partial charge in [-0.1, -0.05) is 44.7 Å². The fraction of sp³-hybridized carbons (Fsp3) is 0.667. The van der Waals surface area contributed by atoms with E-state index in [0.717, 1.165) is 24.2 Å². The van der Waals surface area contributed by atoms with Gasteiger partial charge in [0.15, 0.2) is 0 Å². The highest BCUT2D eigenvalue weighted by atomic mass is 16.5. The Morgan fingerprint density at radius 1 is 1.05 bits per heavy atom. The smallest absolute Gasteiger partial charge is 0.119 e. The molecule has 1 unspecified atom stereocenters. The molecule has 1 heteroatoms. The van der Waals surface area contributed by atoms with E-state index in [1.54, 1.807) is 0 Å². The molecule has 0 radical (unpaired) electrons. The van der Waals surface area contributed by atoms with Crippen molar-refractivity contribution in [3.8, 4) is 5.75 Å². The third-order valence-corrected chi connectivity index (χ3v) is 4.44. The molecule has 106 valence electrons. The molecule has 1 aromatic carbocycles. The van der Waals surface area contributed by atoms with Crippen LogP contribution >= 0.6 is 0 Å². The van der Waals surface area contributed by atoms with Gasteiger partial charge in [0.05, 0.1) is 6.61 Å². The van der Waals surface area contributed by atoms with E-state index in [-0.39, 0.29) is 0 Å².